The van der Waals surface area contributed by atoms with Gasteiger partial charge >= 0.3 is 0 Å². The summed E-state index contributed by atoms with van der Waals surface area (Å²) in [5, 5.41) is 3.90. The average molecular weight is 456 g/mol. The van der Waals surface area contributed by atoms with Gasteiger partial charge < -0.3 is 5.32 Å². The Labute approximate surface area is 186 Å². The molecule has 1 atom stereocenters. The monoisotopic (exact) mass is 455 g/mol. The third kappa shape index (κ3) is 5.18. The summed E-state index contributed by atoms with van der Waals surface area (Å²) in [4.78, 5) is 14.6. The van der Waals surface area contributed by atoms with E-state index in [4.69, 9.17) is 11.6 Å². The number of amides is 1. The van der Waals surface area contributed by atoms with Gasteiger partial charge in [-0.25, -0.2) is 8.42 Å². The molecule has 1 aromatic carbocycles. The van der Waals surface area contributed by atoms with Gasteiger partial charge in [0, 0.05) is 43.7 Å². The van der Waals surface area contributed by atoms with Crippen LogP contribution < -0.4 is 5.32 Å². The van der Waals surface area contributed by atoms with Gasteiger partial charge in [-0.2, -0.15) is 4.31 Å². The zero-order valence-electron chi connectivity index (χ0n) is 18.1. The van der Waals surface area contributed by atoms with Gasteiger partial charge in [0.25, 0.3) is 0 Å². The van der Waals surface area contributed by atoms with Crippen LogP contribution in [0.4, 0.5) is 0 Å². The lowest BCUT2D eigenvalue weighted by Crippen LogP contribution is -2.63. The summed E-state index contributed by atoms with van der Waals surface area (Å²) >= 11 is 6.12. The smallest absolute Gasteiger partial charge is 0.217 e. The number of nitrogens with one attached hydrogen (secondary N) is 1. The Morgan fingerprint density at radius 2 is 1.70 bits per heavy atom. The minimum absolute atomic E-state index is 0.0518. The minimum Gasteiger partial charge on any atom is -0.348 e. The highest BCUT2D eigenvalue weighted by molar-refractivity contribution is 7.89. The van der Waals surface area contributed by atoms with E-state index in [-0.39, 0.29) is 23.2 Å². The summed E-state index contributed by atoms with van der Waals surface area (Å²) in [7, 11) is -3.18. The van der Waals surface area contributed by atoms with E-state index in [9.17, 15) is 13.2 Å². The molecule has 30 heavy (non-hydrogen) atoms. The summed E-state index contributed by atoms with van der Waals surface area (Å²) in [6.45, 7) is 5.86. The number of halogens is 1. The molecule has 1 N–H and O–H groups in total. The van der Waals surface area contributed by atoms with Crippen molar-refractivity contribution in [2.75, 3.05) is 31.9 Å². The lowest BCUT2D eigenvalue weighted by Gasteiger charge is -2.53. The van der Waals surface area contributed by atoms with E-state index < -0.39 is 10.0 Å². The van der Waals surface area contributed by atoms with Crippen LogP contribution in [0.5, 0.6) is 0 Å². The van der Waals surface area contributed by atoms with E-state index in [2.05, 4.69) is 10.2 Å². The molecule has 0 bridgehead atoms. The van der Waals surface area contributed by atoms with Crippen LogP contribution >= 0.6 is 11.6 Å². The molecule has 2 fully saturated rings. The van der Waals surface area contributed by atoms with Crippen molar-refractivity contribution in [3.63, 3.8) is 0 Å². The van der Waals surface area contributed by atoms with Gasteiger partial charge in [-0.3, -0.25) is 9.69 Å². The number of hydrogen-bond acceptors (Lipinski definition) is 4. The van der Waals surface area contributed by atoms with Crippen molar-refractivity contribution in [2.45, 2.75) is 64.0 Å². The minimum atomic E-state index is -3.18. The van der Waals surface area contributed by atoms with Gasteiger partial charge in [-0.1, -0.05) is 49.9 Å². The molecular formula is C22H34ClN3O3S. The first-order valence-electron chi connectivity index (χ1n) is 11.0. The van der Waals surface area contributed by atoms with Crippen LogP contribution in [-0.4, -0.2) is 61.0 Å². The molecule has 0 radical (unpaired) electrons. The third-order valence-electron chi connectivity index (χ3n) is 6.53. The van der Waals surface area contributed by atoms with Gasteiger partial charge in [-0.15, -0.1) is 0 Å². The van der Waals surface area contributed by atoms with Gasteiger partial charge in [0.15, 0.2) is 0 Å². The SMILES string of the molecule is CCCS(=O)(=O)N1CCN(C2(C(NC(C)=O)c3ccc(Cl)cc3)CCCCC2)CC1. The number of carbonyl (C=O) groups is 1. The van der Waals surface area contributed by atoms with Crippen LogP contribution in [0.3, 0.4) is 0 Å². The average Bonchev–Trinajstić information content (AvgIpc) is 2.73. The summed E-state index contributed by atoms with van der Waals surface area (Å²) in [6, 6.07) is 7.60. The molecule has 1 amide bonds. The molecule has 1 saturated heterocycles. The van der Waals surface area contributed by atoms with Crippen molar-refractivity contribution in [3.05, 3.63) is 34.9 Å². The standard InChI is InChI=1S/C22H34ClN3O3S/c1-3-17-30(28,29)26-15-13-25(14-16-26)22(11-5-4-6-12-22)21(24-18(2)27)19-7-9-20(23)10-8-19/h7-10,21H,3-6,11-17H2,1-2H3,(H,24,27). The number of rotatable bonds is 7. The van der Waals surface area contributed by atoms with Gasteiger partial charge in [0.2, 0.25) is 15.9 Å². The molecule has 168 valence electrons. The van der Waals surface area contributed by atoms with Crippen LogP contribution in [-0.2, 0) is 14.8 Å². The summed E-state index contributed by atoms with van der Waals surface area (Å²) in [6.07, 6.45) is 6.02. The Morgan fingerprint density at radius 1 is 1.10 bits per heavy atom. The second-order valence-corrected chi connectivity index (χ2v) is 11.1. The summed E-state index contributed by atoms with van der Waals surface area (Å²) < 4.78 is 26.7. The van der Waals surface area contributed by atoms with Gasteiger partial charge in [0.1, 0.15) is 0 Å². The fraction of sp³-hybridized carbons (Fsp3) is 0.682. The molecule has 1 aliphatic carbocycles. The van der Waals surface area contributed by atoms with E-state index in [1.165, 1.54) is 6.42 Å². The van der Waals surface area contributed by atoms with Crippen LogP contribution in [0.1, 0.15) is 64.0 Å². The number of nitrogens with zero attached hydrogens (tertiary/aromatic N) is 2. The largest absolute Gasteiger partial charge is 0.348 e. The number of benzene rings is 1. The predicted octanol–water partition coefficient (Wildman–Crippen LogP) is 3.58. The van der Waals surface area contributed by atoms with Gasteiger partial charge in [0.05, 0.1) is 11.8 Å². The van der Waals surface area contributed by atoms with Gasteiger partial charge in [-0.05, 0) is 37.0 Å². The van der Waals surface area contributed by atoms with E-state index >= 15 is 0 Å². The van der Waals surface area contributed by atoms with E-state index in [1.54, 1.807) is 11.2 Å². The van der Waals surface area contributed by atoms with E-state index in [0.717, 1.165) is 31.2 Å². The molecule has 0 aromatic heterocycles. The van der Waals surface area contributed by atoms with Crippen molar-refractivity contribution in [1.82, 2.24) is 14.5 Å². The maximum atomic E-state index is 12.5. The van der Waals surface area contributed by atoms with E-state index in [0.29, 0.717) is 37.6 Å². The van der Waals surface area contributed by atoms with Crippen molar-refractivity contribution >= 4 is 27.5 Å². The molecule has 6 nitrogen and oxygen atoms in total. The van der Waals surface area contributed by atoms with Crippen molar-refractivity contribution < 1.29 is 13.2 Å². The first kappa shape index (κ1) is 23.5. The van der Waals surface area contributed by atoms with Crippen LogP contribution in [0.25, 0.3) is 0 Å². The quantitative estimate of drug-likeness (QED) is 0.682. The van der Waals surface area contributed by atoms with E-state index in [1.807, 2.05) is 31.2 Å². The molecule has 1 aromatic rings. The maximum absolute atomic E-state index is 12.5. The lowest BCUT2D eigenvalue weighted by atomic mass is 9.72. The molecule has 1 aliphatic heterocycles. The Bertz CT molecular complexity index is 815. The first-order chi connectivity index (χ1) is 14.3. The Hall–Kier alpha value is -1.15. The fourth-order valence-corrected chi connectivity index (χ4v) is 6.76. The number of piperazine rings is 1. The van der Waals surface area contributed by atoms with Crippen molar-refractivity contribution in [2.24, 2.45) is 0 Å². The molecule has 2 aliphatic rings. The molecule has 0 spiro atoms. The fourth-order valence-electron chi connectivity index (χ4n) is 5.14. The Morgan fingerprint density at radius 3 is 2.23 bits per heavy atom. The zero-order valence-corrected chi connectivity index (χ0v) is 19.6. The molecule has 1 unspecified atom stereocenters. The van der Waals surface area contributed by atoms with Crippen molar-refractivity contribution in [3.8, 4) is 0 Å². The second-order valence-electron chi connectivity index (χ2n) is 8.55. The topological polar surface area (TPSA) is 69.7 Å². The second kappa shape index (κ2) is 9.98. The Balaban J connectivity index is 1.89. The molecule has 3 rings (SSSR count). The highest BCUT2D eigenvalue weighted by Crippen LogP contribution is 2.44. The molecule has 8 heteroatoms. The lowest BCUT2D eigenvalue weighted by molar-refractivity contribution is -0.121. The number of hydrogen-bond donors (Lipinski definition) is 1. The summed E-state index contributed by atoms with van der Waals surface area (Å²) in [5.74, 6) is 0.154. The highest BCUT2D eigenvalue weighted by atomic mass is 35.5. The third-order valence-corrected chi connectivity index (χ3v) is 8.86. The zero-order chi connectivity index (χ0) is 21.8. The number of carbonyl (C=O) groups excluding carboxylic acids is 1. The van der Waals surface area contributed by atoms with Crippen molar-refractivity contribution in [1.29, 1.82) is 0 Å². The first-order valence-corrected chi connectivity index (χ1v) is 13.0. The van der Waals surface area contributed by atoms with Crippen LogP contribution in [0.2, 0.25) is 5.02 Å². The number of sulfonamides is 1. The molecule has 1 saturated carbocycles. The van der Waals surface area contributed by atoms with Crippen LogP contribution in [0.15, 0.2) is 24.3 Å². The van der Waals surface area contributed by atoms with Crippen LogP contribution in [0, 0.1) is 0 Å². The Kier molecular flexibility index (Phi) is 7.82. The normalized spacial score (nSPS) is 21.8. The molecular weight excluding hydrogens is 422 g/mol. The molecule has 1 heterocycles. The predicted molar refractivity (Wildman–Crippen MR) is 121 cm³/mol. The highest BCUT2D eigenvalue weighted by Gasteiger charge is 2.47. The summed E-state index contributed by atoms with van der Waals surface area (Å²) in [5.41, 5.74) is 0.843. The maximum Gasteiger partial charge on any atom is 0.217 e.